The molecule has 2 aliphatic heterocycles. The smallest absolute Gasteiger partial charge is 0.312 e. The SMILES string of the molecule is COCCN1C[C@@H]2CN(Cc3ccc4cc(O)ccc4c3)C[C@]2(C(=O)O)C1. The third-order valence-corrected chi connectivity index (χ3v) is 6.08. The summed E-state index contributed by atoms with van der Waals surface area (Å²) in [6.45, 7) is 5.00. The Morgan fingerprint density at radius 1 is 1.15 bits per heavy atom. The first-order valence-corrected chi connectivity index (χ1v) is 9.39. The number of methoxy groups -OCH3 is 1. The fourth-order valence-electron chi connectivity index (χ4n) is 4.73. The van der Waals surface area contributed by atoms with E-state index in [0.717, 1.165) is 37.0 Å². The van der Waals surface area contributed by atoms with Crippen LogP contribution in [0.4, 0.5) is 0 Å². The van der Waals surface area contributed by atoms with E-state index in [1.165, 1.54) is 5.56 Å². The lowest BCUT2D eigenvalue weighted by Crippen LogP contribution is -2.41. The van der Waals surface area contributed by atoms with Crippen LogP contribution in [0, 0.1) is 11.3 Å². The summed E-state index contributed by atoms with van der Waals surface area (Å²) in [6.07, 6.45) is 0. The molecule has 0 radical (unpaired) electrons. The van der Waals surface area contributed by atoms with Crippen molar-refractivity contribution in [2.75, 3.05) is 46.4 Å². The predicted molar refractivity (Wildman–Crippen MR) is 103 cm³/mol. The molecule has 2 saturated heterocycles. The number of ether oxygens (including phenoxy) is 1. The summed E-state index contributed by atoms with van der Waals surface area (Å²) in [5.74, 6) is -0.253. The molecule has 27 heavy (non-hydrogen) atoms. The molecule has 2 fully saturated rings. The number of likely N-dealkylation sites (tertiary alicyclic amines) is 2. The van der Waals surface area contributed by atoms with Crippen LogP contribution in [0.1, 0.15) is 5.56 Å². The van der Waals surface area contributed by atoms with Crippen molar-refractivity contribution >= 4 is 16.7 Å². The summed E-state index contributed by atoms with van der Waals surface area (Å²) in [5, 5.41) is 21.7. The molecule has 0 amide bonds. The molecule has 2 atom stereocenters. The van der Waals surface area contributed by atoms with E-state index in [9.17, 15) is 15.0 Å². The molecule has 4 rings (SSSR count). The number of carboxylic acid groups (broad SMARTS) is 1. The minimum absolute atomic E-state index is 0.157. The molecule has 6 heteroatoms. The topological polar surface area (TPSA) is 73.2 Å². The second kappa shape index (κ2) is 7.11. The standard InChI is InChI=1S/C21H26N2O4/c1-27-7-6-22-11-18-12-23(14-21(18,13-22)20(25)26)10-15-2-3-17-9-19(24)5-4-16(17)8-15/h2-5,8-9,18,24H,6-7,10-14H2,1H3,(H,25,26)/t18-,21-/m1/s1. The molecule has 0 aromatic heterocycles. The Morgan fingerprint density at radius 3 is 2.59 bits per heavy atom. The number of carboxylic acids is 1. The highest BCUT2D eigenvalue weighted by atomic mass is 16.5. The monoisotopic (exact) mass is 370 g/mol. The van der Waals surface area contributed by atoms with Gasteiger partial charge in [0.2, 0.25) is 0 Å². The van der Waals surface area contributed by atoms with E-state index in [1.807, 2.05) is 12.1 Å². The summed E-state index contributed by atoms with van der Waals surface area (Å²) in [5.41, 5.74) is 0.501. The number of hydrogen-bond donors (Lipinski definition) is 2. The van der Waals surface area contributed by atoms with Crippen molar-refractivity contribution in [2.24, 2.45) is 11.3 Å². The number of rotatable bonds is 6. The summed E-state index contributed by atoms with van der Waals surface area (Å²) < 4.78 is 5.15. The van der Waals surface area contributed by atoms with Gasteiger partial charge in [-0.05, 0) is 34.5 Å². The van der Waals surface area contributed by atoms with Gasteiger partial charge in [0, 0.05) is 52.3 Å². The van der Waals surface area contributed by atoms with E-state index >= 15 is 0 Å². The van der Waals surface area contributed by atoms with Gasteiger partial charge in [0.1, 0.15) is 5.75 Å². The molecule has 2 aliphatic rings. The van der Waals surface area contributed by atoms with Crippen molar-refractivity contribution < 1.29 is 19.7 Å². The van der Waals surface area contributed by atoms with Crippen LogP contribution in [0.3, 0.4) is 0 Å². The third kappa shape index (κ3) is 3.40. The fraction of sp³-hybridized carbons (Fsp3) is 0.476. The van der Waals surface area contributed by atoms with Crippen molar-refractivity contribution in [3.05, 3.63) is 42.0 Å². The first-order chi connectivity index (χ1) is 13.0. The number of aromatic hydroxyl groups is 1. The second-order valence-electron chi connectivity index (χ2n) is 7.92. The predicted octanol–water partition coefficient (Wildman–Crippen LogP) is 2.01. The molecular weight excluding hydrogens is 344 g/mol. The number of carbonyl (C=O) groups is 1. The van der Waals surface area contributed by atoms with E-state index in [0.29, 0.717) is 19.7 Å². The zero-order chi connectivity index (χ0) is 19.0. The summed E-state index contributed by atoms with van der Waals surface area (Å²) >= 11 is 0. The number of phenolic OH excluding ortho intramolecular Hbond substituents is 1. The number of phenols is 1. The van der Waals surface area contributed by atoms with Crippen LogP contribution in [0.25, 0.3) is 10.8 Å². The molecule has 2 heterocycles. The van der Waals surface area contributed by atoms with Gasteiger partial charge in [-0.25, -0.2) is 0 Å². The average Bonchev–Trinajstić information content (AvgIpc) is 3.14. The molecule has 0 saturated carbocycles. The molecule has 0 unspecified atom stereocenters. The van der Waals surface area contributed by atoms with Crippen LogP contribution in [-0.2, 0) is 16.1 Å². The van der Waals surface area contributed by atoms with Gasteiger partial charge in [0.05, 0.1) is 12.0 Å². The number of benzene rings is 2. The Kier molecular flexibility index (Phi) is 4.80. The highest BCUT2D eigenvalue weighted by Gasteiger charge is 2.57. The average molecular weight is 370 g/mol. The van der Waals surface area contributed by atoms with Gasteiger partial charge in [0.25, 0.3) is 0 Å². The van der Waals surface area contributed by atoms with Crippen LogP contribution in [0.2, 0.25) is 0 Å². The van der Waals surface area contributed by atoms with Gasteiger partial charge in [-0.1, -0.05) is 18.2 Å². The third-order valence-electron chi connectivity index (χ3n) is 6.08. The summed E-state index contributed by atoms with van der Waals surface area (Å²) in [4.78, 5) is 16.6. The molecule has 144 valence electrons. The van der Waals surface area contributed by atoms with Crippen molar-refractivity contribution in [2.45, 2.75) is 6.54 Å². The van der Waals surface area contributed by atoms with Crippen LogP contribution in [0.15, 0.2) is 36.4 Å². The van der Waals surface area contributed by atoms with Gasteiger partial charge >= 0.3 is 5.97 Å². The normalized spacial score (nSPS) is 25.9. The first-order valence-electron chi connectivity index (χ1n) is 9.39. The summed E-state index contributed by atoms with van der Waals surface area (Å²) in [6, 6.07) is 11.6. The van der Waals surface area contributed by atoms with Gasteiger partial charge in [-0.3, -0.25) is 14.6 Å². The Bertz CT molecular complexity index is 855. The Balaban J connectivity index is 1.48. The number of nitrogens with zero attached hydrogens (tertiary/aromatic N) is 2. The molecular formula is C21H26N2O4. The van der Waals surface area contributed by atoms with Crippen molar-refractivity contribution in [1.29, 1.82) is 0 Å². The maximum Gasteiger partial charge on any atom is 0.312 e. The molecule has 0 aliphatic carbocycles. The van der Waals surface area contributed by atoms with Crippen LogP contribution in [-0.4, -0.2) is 72.4 Å². The second-order valence-corrected chi connectivity index (χ2v) is 7.92. The maximum atomic E-state index is 12.1. The number of hydrogen-bond acceptors (Lipinski definition) is 5. The lowest BCUT2D eigenvalue weighted by Gasteiger charge is -2.25. The fourth-order valence-corrected chi connectivity index (χ4v) is 4.73. The lowest BCUT2D eigenvalue weighted by atomic mass is 9.81. The Labute approximate surface area is 158 Å². The van der Waals surface area contributed by atoms with Crippen molar-refractivity contribution in [1.82, 2.24) is 9.80 Å². The van der Waals surface area contributed by atoms with E-state index < -0.39 is 11.4 Å². The molecule has 2 N–H and O–H groups in total. The Hall–Kier alpha value is -2.15. The highest BCUT2D eigenvalue weighted by Crippen LogP contribution is 2.43. The van der Waals surface area contributed by atoms with E-state index in [1.54, 1.807) is 19.2 Å². The molecule has 6 nitrogen and oxygen atoms in total. The number of fused-ring (bicyclic) bond motifs is 2. The minimum Gasteiger partial charge on any atom is -0.508 e. The van der Waals surface area contributed by atoms with Gasteiger partial charge in [0.15, 0.2) is 0 Å². The first kappa shape index (κ1) is 18.2. The van der Waals surface area contributed by atoms with Crippen molar-refractivity contribution in [3.8, 4) is 5.75 Å². The minimum atomic E-state index is -0.677. The quantitative estimate of drug-likeness (QED) is 0.810. The molecule has 0 bridgehead atoms. The van der Waals surface area contributed by atoms with Crippen LogP contribution < -0.4 is 0 Å². The zero-order valence-corrected chi connectivity index (χ0v) is 15.6. The molecule has 0 spiro atoms. The lowest BCUT2D eigenvalue weighted by molar-refractivity contribution is -0.149. The van der Waals surface area contributed by atoms with Gasteiger partial charge < -0.3 is 14.9 Å². The van der Waals surface area contributed by atoms with Gasteiger partial charge in [-0.15, -0.1) is 0 Å². The largest absolute Gasteiger partial charge is 0.508 e. The van der Waals surface area contributed by atoms with E-state index in [-0.39, 0.29) is 11.7 Å². The molecule has 2 aromatic carbocycles. The van der Waals surface area contributed by atoms with E-state index in [4.69, 9.17) is 4.74 Å². The van der Waals surface area contributed by atoms with Crippen molar-refractivity contribution in [3.63, 3.8) is 0 Å². The maximum absolute atomic E-state index is 12.1. The number of aliphatic carboxylic acids is 1. The highest BCUT2D eigenvalue weighted by molar-refractivity contribution is 5.84. The summed E-state index contributed by atoms with van der Waals surface area (Å²) in [7, 11) is 1.68. The van der Waals surface area contributed by atoms with Crippen LogP contribution in [0.5, 0.6) is 5.75 Å². The van der Waals surface area contributed by atoms with E-state index in [2.05, 4.69) is 21.9 Å². The molecule has 2 aromatic rings. The Morgan fingerprint density at radius 2 is 1.85 bits per heavy atom. The van der Waals surface area contributed by atoms with Crippen LogP contribution >= 0.6 is 0 Å². The van der Waals surface area contributed by atoms with Gasteiger partial charge in [-0.2, -0.15) is 0 Å². The zero-order valence-electron chi connectivity index (χ0n) is 15.6.